The van der Waals surface area contributed by atoms with Crippen LogP contribution >= 0.6 is 0 Å². The fourth-order valence-electron chi connectivity index (χ4n) is 3.65. The van der Waals surface area contributed by atoms with Gasteiger partial charge in [0.05, 0.1) is 0 Å². The van der Waals surface area contributed by atoms with Crippen LogP contribution in [0.25, 0.3) is 11.1 Å². The first-order valence-electron chi connectivity index (χ1n) is 10.3. The summed E-state index contributed by atoms with van der Waals surface area (Å²) in [7, 11) is 0. The Morgan fingerprint density at radius 2 is 1.48 bits per heavy atom. The van der Waals surface area contributed by atoms with Crippen molar-refractivity contribution in [3.8, 4) is 16.9 Å². The van der Waals surface area contributed by atoms with E-state index in [4.69, 9.17) is 9.84 Å². The van der Waals surface area contributed by atoms with E-state index in [0.717, 1.165) is 56.9 Å². The highest BCUT2D eigenvalue weighted by atomic mass is 16.7. The predicted molar refractivity (Wildman–Crippen MR) is 112 cm³/mol. The Labute approximate surface area is 163 Å². The molecule has 0 heterocycles. The molecule has 1 N–H and O–H groups in total. The summed E-state index contributed by atoms with van der Waals surface area (Å²) in [5, 5.41) is 9.16. The van der Waals surface area contributed by atoms with Crippen LogP contribution in [0.1, 0.15) is 69.6 Å². The van der Waals surface area contributed by atoms with Gasteiger partial charge in [0, 0.05) is 0 Å². The number of aryl methyl sites for hydroxylation is 1. The highest BCUT2D eigenvalue weighted by Gasteiger charge is 2.18. The lowest BCUT2D eigenvalue weighted by atomic mass is 9.87. The molecule has 0 radical (unpaired) electrons. The Bertz CT molecular complexity index is 749. The largest absolute Gasteiger partial charge is 0.511 e. The van der Waals surface area contributed by atoms with E-state index < -0.39 is 6.16 Å². The summed E-state index contributed by atoms with van der Waals surface area (Å²) in [5.41, 5.74) is 6.18. The maximum atomic E-state index is 11.2. The van der Waals surface area contributed by atoms with E-state index in [2.05, 4.69) is 45.0 Å². The maximum absolute atomic E-state index is 11.2. The molecule has 0 amide bonds. The minimum absolute atomic E-state index is 0.499. The van der Waals surface area contributed by atoms with Crippen molar-refractivity contribution in [1.29, 1.82) is 0 Å². The Hall–Kier alpha value is -2.29. The smallest absolute Gasteiger partial charge is 0.449 e. The van der Waals surface area contributed by atoms with Gasteiger partial charge < -0.3 is 9.84 Å². The molecule has 0 fully saturated rings. The molecule has 0 bridgehead atoms. The van der Waals surface area contributed by atoms with Crippen LogP contribution in [0.4, 0.5) is 4.79 Å². The van der Waals surface area contributed by atoms with Crippen molar-refractivity contribution in [1.82, 2.24) is 0 Å². The normalized spacial score (nSPS) is 10.8. The Morgan fingerprint density at radius 3 is 2.11 bits per heavy atom. The lowest BCUT2D eigenvalue weighted by Gasteiger charge is -2.20. The molecule has 146 valence electrons. The highest BCUT2D eigenvalue weighted by Crippen LogP contribution is 2.36. The molecule has 3 nitrogen and oxygen atoms in total. The van der Waals surface area contributed by atoms with E-state index in [1.165, 1.54) is 22.3 Å². The minimum Gasteiger partial charge on any atom is -0.449 e. The zero-order chi connectivity index (χ0) is 19.6. The van der Waals surface area contributed by atoms with Crippen molar-refractivity contribution in [2.24, 2.45) is 0 Å². The quantitative estimate of drug-likeness (QED) is 0.361. The third-order valence-corrected chi connectivity index (χ3v) is 4.97. The van der Waals surface area contributed by atoms with E-state index in [0.29, 0.717) is 5.75 Å². The molecule has 0 aliphatic rings. The van der Waals surface area contributed by atoms with E-state index >= 15 is 0 Å². The summed E-state index contributed by atoms with van der Waals surface area (Å²) >= 11 is 0. The van der Waals surface area contributed by atoms with Gasteiger partial charge in [-0.2, -0.15) is 0 Å². The van der Waals surface area contributed by atoms with Gasteiger partial charge in [0.1, 0.15) is 5.75 Å². The average molecular weight is 369 g/mol. The van der Waals surface area contributed by atoms with Crippen LogP contribution in [0, 0.1) is 0 Å². The summed E-state index contributed by atoms with van der Waals surface area (Å²) in [4.78, 5) is 11.2. The number of ether oxygens (including phenoxy) is 1. The van der Waals surface area contributed by atoms with Crippen LogP contribution in [0.15, 0.2) is 36.4 Å². The lowest BCUT2D eigenvalue weighted by molar-refractivity contribution is 0.144. The van der Waals surface area contributed by atoms with E-state index in [1.54, 1.807) is 0 Å². The Morgan fingerprint density at radius 1 is 0.815 bits per heavy atom. The maximum Gasteiger partial charge on any atom is 0.511 e. The molecule has 0 aromatic heterocycles. The van der Waals surface area contributed by atoms with Crippen LogP contribution in [0.2, 0.25) is 0 Å². The molecule has 0 spiro atoms. The standard InChI is InChI=1S/C24H32O3/c1-4-7-13-20-21(19-15-10-9-12-18(19)11-6-3)16-17-23(27-24(25)26)22(20)14-8-5-2/h9-10,12,15-17H,4-8,11,13-14H2,1-3H3,(H,25,26). The van der Waals surface area contributed by atoms with Gasteiger partial charge in [-0.15, -0.1) is 0 Å². The van der Waals surface area contributed by atoms with E-state index in [-0.39, 0.29) is 0 Å². The van der Waals surface area contributed by atoms with Crippen LogP contribution < -0.4 is 4.74 Å². The zero-order valence-corrected chi connectivity index (χ0v) is 16.9. The van der Waals surface area contributed by atoms with Gasteiger partial charge in [0.25, 0.3) is 0 Å². The first kappa shape index (κ1) is 21.0. The van der Waals surface area contributed by atoms with Crippen LogP contribution in [0.3, 0.4) is 0 Å². The number of unbranched alkanes of at least 4 members (excludes halogenated alkanes) is 2. The number of hydrogen-bond donors (Lipinski definition) is 1. The van der Waals surface area contributed by atoms with Crippen LogP contribution in [-0.2, 0) is 19.3 Å². The number of benzene rings is 2. The number of hydrogen-bond acceptors (Lipinski definition) is 2. The molecule has 0 aliphatic carbocycles. The van der Waals surface area contributed by atoms with Crippen LogP contribution in [-0.4, -0.2) is 11.3 Å². The van der Waals surface area contributed by atoms with Crippen molar-refractivity contribution >= 4 is 6.16 Å². The topological polar surface area (TPSA) is 46.5 Å². The van der Waals surface area contributed by atoms with Crippen molar-refractivity contribution < 1.29 is 14.6 Å². The van der Waals surface area contributed by atoms with Gasteiger partial charge in [0.15, 0.2) is 0 Å². The average Bonchev–Trinajstić information content (AvgIpc) is 2.66. The Kier molecular flexibility index (Phi) is 8.38. The van der Waals surface area contributed by atoms with Gasteiger partial charge in [-0.05, 0) is 66.0 Å². The lowest BCUT2D eigenvalue weighted by Crippen LogP contribution is -2.09. The second kappa shape index (κ2) is 10.8. The van der Waals surface area contributed by atoms with E-state index in [1.807, 2.05) is 12.1 Å². The minimum atomic E-state index is -1.24. The van der Waals surface area contributed by atoms with Gasteiger partial charge >= 0.3 is 6.16 Å². The second-order valence-electron chi connectivity index (χ2n) is 7.05. The molecule has 0 saturated heterocycles. The number of carbonyl (C=O) groups is 1. The number of carboxylic acid groups (broad SMARTS) is 1. The third-order valence-electron chi connectivity index (χ3n) is 4.97. The Balaban J connectivity index is 2.64. The molecule has 0 unspecified atom stereocenters. The summed E-state index contributed by atoms with van der Waals surface area (Å²) in [6.07, 6.45) is 6.97. The molecular weight excluding hydrogens is 336 g/mol. The van der Waals surface area contributed by atoms with Crippen molar-refractivity contribution in [2.45, 2.75) is 72.1 Å². The zero-order valence-electron chi connectivity index (χ0n) is 16.9. The van der Waals surface area contributed by atoms with Crippen molar-refractivity contribution in [2.75, 3.05) is 0 Å². The first-order chi connectivity index (χ1) is 13.1. The van der Waals surface area contributed by atoms with Gasteiger partial charge in [-0.3, -0.25) is 0 Å². The fraction of sp³-hybridized carbons (Fsp3) is 0.458. The third kappa shape index (κ3) is 5.59. The van der Waals surface area contributed by atoms with Gasteiger partial charge in [-0.25, -0.2) is 4.79 Å². The van der Waals surface area contributed by atoms with Crippen LogP contribution in [0.5, 0.6) is 5.75 Å². The monoisotopic (exact) mass is 368 g/mol. The summed E-state index contributed by atoms with van der Waals surface area (Å²) in [6, 6.07) is 12.5. The molecule has 0 atom stereocenters. The molecule has 0 saturated carbocycles. The summed E-state index contributed by atoms with van der Waals surface area (Å²) < 4.78 is 5.15. The van der Waals surface area contributed by atoms with Gasteiger partial charge in [-0.1, -0.05) is 70.4 Å². The van der Waals surface area contributed by atoms with Crippen molar-refractivity contribution in [3.05, 3.63) is 53.1 Å². The SMILES string of the molecule is CCCCc1c(OC(=O)O)ccc(-c2ccccc2CCC)c1CCCC. The molecule has 27 heavy (non-hydrogen) atoms. The first-order valence-corrected chi connectivity index (χ1v) is 10.3. The highest BCUT2D eigenvalue weighted by molar-refractivity contribution is 5.74. The summed E-state index contributed by atoms with van der Waals surface area (Å²) in [5.74, 6) is 0.499. The molecule has 2 aromatic carbocycles. The molecular formula is C24H32O3. The molecule has 0 aliphatic heterocycles. The number of rotatable bonds is 10. The van der Waals surface area contributed by atoms with E-state index in [9.17, 15) is 4.79 Å². The van der Waals surface area contributed by atoms with Crippen molar-refractivity contribution in [3.63, 3.8) is 0 Å². The predicted octanol–water partition coefficient (Wildman–Crippen LogP) is 7.05. The van der Waals surface area contributed by atoms with Gasteiger partial charge in [0.2, 0.25) is 0 Å². The molecule has 2 aromatic rings. The fourth-order valence-corrected chi connectivity index (χ4v) is 3.65. The molecule has 2 rings (SSSR count). The second-order valence-corrected chi connectivity index (χ2v) is 7.05. The molecule has 3 heteroatoms. The summed E-state index contributed by atoms with van der Waals surface area (Å²) in [6.45, 7) is 6.54.